The van der Waals surface area contributed by atoms with E-state index in [4.69, 9.17) is 5.73 Å². The summed E-state index contributed by atoms with van der Waals surface area (Å²) in [6.45, 7) is 4.85. The normalized spacial score (nSPS) is 26.6. The molecule has 4 heteroatoms. The first kappa shape index (κ1) is 16.8. The van der Waals surface area contributed by atoms with Crippen molar-refractivity contribution in [2.45, 2.75) is 58.3 Å². The van der Waals surface area contributed by atoms with Crippen molar-refractivity contribution < 1.29 is 4.79 Å². The summed E-state index contributed by atoms with van der Waals surface area (Å²) in [5.74, 6) is 1.02. The minimum Gasteiger partial charge on any atom is -0.342 e. The van der Waals surface area contributed by atoms with Gasteiger partial charge in [-0.2, -0.15) is 0 Å². The predicted octanol–water partition coefficient (Wildman–Crippen LogP) is 2.97. The number of rotatable bonds is 3. The van der Waals surface area contributed by atoms with Crippen LogP contribution in [0.15, 0.2) is 0 Å². The summed E-state index contributed by atoms with van der Waals surface area (Å²) in [5, 5.41) is 0. The molecule has 0 bridgehead atoms. The number of likely N-dealkylation sites (tertiary alicyclic amines) is 1. The molecule has 2 fully saturated rings. The fourth-order valence-electron chi connectivity index (χ4n) is 3.60. The van der Waals surface area contributed by atoms with Crippen molar-refractivity contribution in [2.75, 3.05) is 19.6 Å². The van der Waals surface area contributed by atoms with E-state index in [0.717, 1.165) is 25.9 Å². The molecule has 0 spiro atoms. The van der Waals surface area contributed by atoms with Crippen molar-refractivity contribution in [2.24, 2.45) is 17.1 Å². The topological polar surface area (TPSA) is 46.3 Å². The maximum absolute atomic E-state index is 12.4. The Morgan fingerprint density at radius 1 is 1.26 bits per heavy atom. The van der Waals surface area contributed by atoms with Crippen molar-refractivity contribution in [3.8, 4) is 0 Å². The van der Waals surface area contributed by atoms with Crippen LogP contribution in [0.4, 0.5) is 0 Å². The van der Waals surface area contributed by atoms with Crippen molar-refractivity contribution in [3.05, 3.63) is 0 Å². The van der Waals surface area contributed by atoms with Crippen LogP contribution in [-0.4, -0.2) is 30.4 Å². The lowest BCUT2D eigenvalue weighted by molar-refractivity contribution is -0.135. The first-order valence-corrected chi connectivity index (χ1v) is 7.63. The fraction of sp³-hybridized carbons (Fsp3) is 0.933. The predicted molar refractivity (Wildman–Crippen MR) is 81.4 cm³/mol. The zero-order valence-corrected chi connectivity index (χ0v) is 13.0. The Bertz CT molecular complexity index is 290. The molecule has 1 heterocycles. The molecule has 1 amide bonds. The molecule has 2 N–H and O–H groups in total. The molecule has 1 atom stereocenters. The average Bonchev–Trinajstić information content (AvgIpc) is 2.40. The highest BCUT2D eigenvalue weighted by molar-refractivity contribution is 5.85. The first-order valence-electron chi connectivity index (χ1n) is 7.63. The Hall–Kier alpha value is -0.280. The standard InChI is InChI=1S/C15H28N2O.ClH/c1-13-6-5-9-17(11-13)14(18)10-15(12-16)7-3-2-4-8-15;/h13H,2-12,16H2,1H3;1H. The van der Waals surface area contributed by atoms with E-state index >= 15 is 0 Å². The molecule has 0 aromatic carbocycles. The van der Waals surface area contributed by atoms with E-state index in [2.05, 4.69) is 11.8 Å². The van der Waals surface area contributed by atoms with Gasteiger partial charge in [0, 0.05) is 19.5 Å². The van der Waals surface area contributed by atoms with Crippen LogP contribution in [0, 0.1) is 11.3 Å². The van der Waals surface area contributed by atoms with Crippen molar-refractivity contribution in [1.29, 1.82) is 0 Å². The third-order valence-corrected chi connectivity index (χ3v) is 4.88. The van der Waals surface area contributed by atoms with E-state index in [1.54, 1.807) is 0 Å². The minimum absolute atomic E-state index is 0. The quantitative estimate of drug-likeness (QED) is 0.868. The third kappa shape index (κ3) is 4.35. The summed E-state index contributed by atoms with van der Waals surface area (Å²) in [7, 11) is 0. The Morgan fingerprint density at radius 3 is 2.53 bits per heavy atom. The Labute approximate surface area is 123 Å². The number of halogens is 1. The third-order valence-electron chi connectivity index (χ3n) is 4.88. The van der Waals surface area contributed by atoms with Crippen LogP contribution in [0.2, 0.25) is 0 Å². The van der Waals surface area contributed by atoms with Crippen LogP contribution in [0.5, 0.6) is 0 Å². The highest BCUT2D eigenvalue weighted by Crippen LogP contribution is 2.39. The molecule has 0 aromatic heterocycles. The summed E-state index contributed by atoms with van der Waals surface area (Å²) >= 11 is 0. The van der Waals surface area contributed by atoms with Gasteiger partial charge in [-0.1, -0.05) is 26.2 Å². The zero-order chi connectivity index (χ0) is 13.0. The SMILES string of the molecule is CC1CCCN(C(=O)CC2(CN)CCCCC2)C1.Cl. The van der Waals surface area contributed by atoms with Gasteiger partial charge in [-0.15, -0.1) is 12.4 Å². The maximum atomic E-state index is 12.4. The van der Waals surface area contributed by atoms with Gasteiger partial charge in [0.15, 0.2) is 0 Å². The van der Waals surface area contributed by atoms with Gasteiger partial charge in [0.2, 0.25) is 5.91 Å². The molecule has 1 saturated carbocycles. The summed E-state index contributed by atoms with van der Waals surface area (Å²) in [6.07, 6.45) is 9.25. The molecule has 2 aliphatic rings. The maximum Gasteiger partial charge on any atom is 0.223 e. The van der Waals surface area contributed by atoms with Crippen molar-refractivity contribution in [1.82, 2.24) is 4.90 Å². The van der Waals surface area contributed by atoms with Crippen LogP contribution >= 0.6 is 12.4 Å². The molecule has 0 radical (unpaired) electrons. The molecule has 0 aromatic rings. The number of carbonyl (C=O) groups is 1. The second-order valence-corrected chi connectivity index (χ2v) is 6.53. The molecule has 2 rings (SSSR count). The van der Waals surface area contributed by atoms with Gasteiger partial charge in [0.25, 0.3) is 0 Å². The molecule has 1 aliphatic carbocycles. The number of hydrogen-bond acceptors (Lipinski definition) is 2. The first-order chi connectivity index (χ1) is 8.65. The highest BCUT2D eigenvalue weighted by Gasteiger charge is 2.35. The number of amides is 1. The number of piperidine rings is 1. The monoisotopic (exact) mass is 288 g/mol. The molecule has 1 saturated heterocycles. The molecule has 1 aliphatic heterocycles. The van der Waals surface area contributed by atoms with E-state index < -0.39 is 0 Å². The van der Waals surface area contributed by atoms with Crippen molar-refractivity contribution >= 4 is 18.3 Å². The summed E-state index contributed by atoms with van der Waals surface area (Å²) < 4.78 is 0. The second-order valence-electron chi connectivity index (χ2n) is 6.53. The molecule has 112 valence electrons. The Kier molecular flexibility index (Phi) is 6.61. The number of carbonyl (C=O) groups excluding carboxylic acids is 1. The zero-order valence-electron chi connectivity index (χ0n) is 12.2. The van der Waals surface area contributed by atoms with E-state index in [1.165, 1.54) is 32.1 Å². The van der Waals surface area contributed by atoms with E-state index in [9.17, 15) is 4.79 Å². The largest absolute Gasteiger partial charge is 0.342 e. The minimum atomic E-state index is 0. The smallest absolute Gasteiger partial charge is 0.223 e. The van der Waals surface area contributed by atoms with Crippen LogP contribution in [0.1, 0.15) is 58.3 Å². The lowest BCUT2D eigenvalue weighted by Crippen LogP contribution is -2.44. The lowest BCUT2D eigenvalue weighted by atomic mass is 9.71. The fourth-order valence-corrected chi connectivity index (χ4v) is 3.60. The summed E-state index contributed by atoms with van der Waals surface area (Å²) in [5.41, 5.74) is 6.09. The Balaban J connectivity index is 0.00000180. The van der Waals surface area contributed by atoms with Gasteiger partial charge in [-0.05, 0) is 43.6 Å². The number of nitrogens with zero attached hydrogens (tertiary/aromatic N) is 1. The lowest BCUT2D eigenvalue weighted by Gasteiger charge is -2.39. The summed E-state index contributed by atoms with van der Waals surface area (Å²) in [6, 6.07) is 0. The van der Waals surface area contributed by atoms with Crippen LogP contribution in [0.3, 0.4) is 0 Å². The van der Waals surface area contributed by atoms with Gasteiger partial charge < -0.3 is 10.6 Å². The van der Waals surface area contributed by atoms with E-state index in [1.807, 2.05) is 0 Å². The van der Waals surface area contributed by atoms with Gasteiger partial charge in [-0.25, -0.2) is 0 Å². The second kappa shape index (κ2) is 7.49. The van der Waals surface area contributed by atoms with Gasteiger partial charge >= 0.3 is 0 Å². The van der Waals surface area contributed by atoms with Gasteiger partial charge in [0.1, 0.15) is 0 Å². The summed E-state index contributed by atoms with van der Waals surface area (Å²) in [4.78, 5) is 14.5. The Morgan fingerprint density at radius 2 is 1.95 bits per heavy atom. The van der Waals surface area contributed by atoms with Crippen LogP contribution in [-0.2, 0) is 4.79 Å². The number of nitrogens with two attached hydrogens (primary N) is 1. The molecule has 19 heavy (non-hydrogen) atoms. The van der Waals surface area contributed by atoms with Gasteiger partial charge in [0.05, 0.1) is 0 Å². The number of hydrogen-bond donors (Lipinski definition) is 1. The highest BCUT2D eigenvalue weighted by atomic mass is 35.5. The molecular weight excluding hydrogens is 260 g/mol. The van der Waals surface area contributed by atoms with Crippen LogP contribution < -0.4 is 5.73 Å². The molecular formula is C15H29ClN2O. The van der Waals surface area contributed by atoms with E-state index in [-0.39, 0.29) is 17.8 Å². The van der Waals surface area contributed by atoms with E-state index in [0.29, 0.717) is 24.8 Å². The van der Waals surface area contributed by atoms with Crippen molar-refractivity contribution in [3.63, 3.8) is 0 Å². The van der Waals surface area contributed by atoms with Gasteiger partial charge in [-0.3, -0.25) is 4.79 Å². The molecule has 1 unspecified atom stereocenters. The van der Waals surface area contributed by atoms with Crippen LogP contribution in [0.25, 0.3) is 0 Å². The molecule has 3 nitrogen and oxygen atoms in total. The average molecular weight is 289 g/mol.